The number of nitrogens with two attached hydrogens (primary N) is 1. The molecule has 17 heavy (non-hydrogen) atoms. The maximum atomic E-state index is 11.8. The van der Waals surface area contributed by atoms with Crippen molar-refractivity contribution in [1.82, 2.24) is 5.32 Å². The van der Waals surface area contributed by atoms with Gasteiger partial charge in [0.15, 0.2) is 0 Å². The van der Waals surface area contributed by atoms with Crippen molar-refractivity contribution < 1.29 is 4.79 Å². The minimum Gasteiger partial charge on any atom is -0.348 e. The first kappa shape index (κ1) is 13.7. The van der Waals surface area contributed by atoms with Crippen molar-refractivity contribution in [2.24, 2.45) is 5.73 Å². The summed E-state index contributed by atoms with van der Waals surface area (Å²) in [5, 5.41) is 2.84. The van der Waals surface area contributed by atoms with Gasteiger partial charge in [-0.2, -0.15) is 0 Å². The third kappa shape index (κ3) is 3.86. The van der Waals surface area contributed by atoms with Gasteiger partial charge in [0.2, 0.25) is 0 Å². The Morgan fingerprint density at radius 1 is 1.29 bits per heavy atom. The average Bonchev–Trinajstić information content (AvgIpc) is 2.27. The van der Waals surface area contributed by atoms with Crippen LogP contribution in [0, 0.1) is 0 Å². The van der Waals surface area contributed by atoms with Crippen molar-refractivity contribution in [3.05, 3.63) is 35.4 Å². The van der Waals surface area contributed by atoms with Crippen LogP contribution in [0.1, 0.15) is 43.6 Å². The van der Waals surface area contributed by atoms with Gasteiger partial charge < -0.3 is 11.1 Å². The molecule has 1 aromatic carbocycles. The monoisotopic (exact) mass is 234 g/mol. The van der Waals surface area contributed by atoms with Gasteiger partial charge in [0.1, 0.15) is 0 Å². The Balaban J connectivity index is 2.78. The van der Waals surface area contributed by atoms with Crippen LogP contribution in [0.2, 0.25) is 0 Å². The summed E-state index contributed by atoms with van der Waals surface area (Å²) in [6, 6.07) is 7.73. The lowest BCUT2D eigenvalue weighted by molar-refractivity contribution is 0.0941. The molecule has 0 radical (unpaired) electrons. The molecule has 3 N–H and O–H groups in total. The van der Waals surface area contributed by atoms with E-state index in [0.717, 1.165) is 0 Å². The van der Waals surface area contributed by atoms with Crippen molar-refractivity contribution >= 4 is 5.91 Å². The van der Waals surface area contributed by atoms with Crippen LogP contribution in [0.4, 0.5) is 0 Å². The zero-order valence-corrected chi connectivity index (χ0v) is 11.1. The lowest BCUT2D eigenvalue weighted by Gasteiger charge is -2.19. The van der Waals surface area contributed by atoms with Gasteiger partial charge in [-0.05, 0) is 30.0 Å². The summed E-state index contributed by atoms with van der Waals surface area (Å²) >= 11 is 0. The quantitative estimate of drug-likeness (QED) is 0.841. The first-order valence-electron chi connectivity index (χ1n) is 5.96. The zero-order valence-electron chi connectivity index (χ0n) is 11.1. The van der Waals surface area contributed by atoms with Crippen molar-refractivity contribution in [1.29, 1.82) is 0 Å². The van der Waals surface area contributed by atoms with Crippen LogP contribution in [0.5, 0.6) is 0 Å². The molecule has 0 heterocycles. The molecule has 3 nitrogen and oxygen atoms in total. The summed E-state index contributed by atoms with van der Waals surface area (Å²) in [5.74, 6) is -0.0663. The minimum atomic E-state index is -0.0663. The average molecular weight is 234 g/mol. The Morgan fingerprint density at radius 3 is 2.24 bits per heavy atom. The molecule has 1 rings (SSSR count). The van der Waals surface area contributed by atoms with E-state index >= 15 is 0 Å². The van der Waals surface area contributed by atoms with Crippen LogP contribution < -0.4 is 11.1 Å². The third-order valence-corrected chi connectivity index (χ3v) is 2.74. The van der Waals surface area contributed by atoms with E-state index in [9.17, 15) is 4.79 Å². The van der Waals surface area contributed by atoms with Crippen molar-refractivity contribution in [3.8, 4) is 0 Å². The third-order valence-electron chi connectivity index (χ3n) is 2.74. The topological polar surface area (TPSA) is 55.1 Å². The van der Waals surface area contributed by atoms with E-state index in [1.54, 1.807) is 0 Å². The van der Waals surface area contributed by atoms with Crippen LogP contribution in [-0.2, 0) is 5.41 Å². The highest BCUT2D eigenvalue weighted by Gasteiger charge is 2.14. The standard InChI is InChI=1S/C14H22N2O/c1-10(9-15)16-13(17)11-5-7-12(8-6-11)14(2,3)4/h5-8,10H,9,15H2,1-4H3,(H,16,17)/t10-/m0/s1. The molecule has 0 aliphatic carbocycles. The van der Waals surface area contributed by atoms with Gasteiger partial charge in [0.25, 0.3) is 5.91 Å². The maximum absolute atomic E-state index is 11.8. The maximum Gasteiger partial charge on any atom is 0.251 e. The first-order valence-corrected chi connectivity index (χ1v) is 5.96. The number of hydrogen-bond donors (Lipinski definition) is 2. The molecule has 0 fully saturated rings. The Labute approximate surface area is 103 Å². The highest BCUT2D eigenvalue weighted by molar-refractivity contribution is 5.94. The molecule has 0 aliphatic heterocycles. The molecule has 0 bridgehead atoms. The molecule has 0 unspecified atom stereocenters. The molecular formula is C14H22N2O. The van der Waals surface area contributed by atoms with Gasteiger partial charge in [0, 0.05) is 18.2 Å². The molecular weight excluding hydrogens is 212 g/mol. The Hall–Kier alpha value is -1.35. The molecule has 3 heteroatoms. The van der Waals surface area contributed by atoms with Crippen LogP contribution in [0.15, 0.2) is 24.3 Å². The van der Waals surface area contributed by atoms with Gasteiger partial charge in [0.05, 0.1) is 0 Å². The number of amides is 1. The lowest BCUT2D eigenvalue weighted by atomic mass is 9.86. The van der Waals surface area contributed by atoms with Gasteiger partial charge in [-0.25, -0.2) is 0 Å². The SMILES string of the molecule is C[C@@H](CN)NC(=O)c1ccc(C(C)(C)C)cc1. The molecule has 94 valence electrons. The van der Waals surface area contributed by atoms with Crippen LogP contribution in [0.3, 0.4) is 0 Å². The molecule has 1 aromatic rings. The van der Waals surface area contributed by atoms with Gasteiger partial charge in [-0.1, -0.05) is 32.9 Å². The summed E-state index contributed by atoms with van der Waals surface area (Å²) in [6.07, 6.45) is 0. The fourth-order valence-electron chi connectivity index (χ4n) is 1.49. The molecule has 1 amide bonds. The van der Waals surface area contributed by atoms with E-state index in [1.807, 2.05) is 31.2 Å². The Kier molecular flexibility index (Phi) is 4.29. The number of nitrogens with one attached hydrogen (secondary N) is 1. The highest BCUT2D eigenvalue weighted by Crippen LogP contribution is 2.22. The largest absolute Gasteiger partial charge is 0.348 e. The fourth-order valence-corrected chi connectivity index (χ4v) is 1.49. The fraction of sp³-hybridized carbons (Fsp3) is 0.500. The predicted molar refractivity (Wildman–Crippen MR) is 71.1 cm³/mol. The summed E-state index contributed by atoms with van der Waals surface area (Å²) in [7, 11) is 0. The molecule has 0 saturated heterocycles. The molecule has 1 atom stereocenters. The van der Waals surface area contributed by atoms with Gasteiger partial charge in [-0.15, -0.1) is 0 Å². The van der Waals surface area contributed by atoms with Crippen LogP contribution in [0.25, 0.3) is 0 Å². The molecule has 0 aliphatic rings. The summed E-state index contributed by atoms with van der Waals surface area (Å²) in [6.45, 7) is 8.79. The highest BCUT2D eigenvalue weighted by atomic mass is 16.1. The van der Waals surface area contributed by atoms with E-state index in [2.05, 4.69) is 26.1 Å². The van der Waals surface area contributed by atoms with Crippen molar-refractivity contribution in [2.75, 3.05) is 6.54 Å². The van der Waals surface area contributed by atoms with E-state index < -0.39 is 0 Å². The number of benzene rings is 1. The predicted octanol–water partition coefficient (Wildman–Crippen LogP) is 2.06. The van der Waals surface area contributed by atoms with Gasteiger partial charge >= 0.3 is 0 Å². The van der Waals surface area contributed by atoms with Crippen LogP contribution >= 0.6 is 0 Å². The first-order chi connectivity index (χ1) is 7.84. The molecule has 0 spiro atoms. The number of rotatable bonds is 3. The van der Waals surface area contributed by atoms with Gasteiger partial charge in [-0.3, -0.25) is 4.79 Å². The lowest BCUT2D eigenvalue weighted by Crippen LogP contribution is -2.37. The van der Waals surface area contributed by atoms with E-state index in [4.69, 9.17) is 5.73 Å². The zero-order chi connectivity index (χ0) is 13.1. The number of carbonyl (C=O) groups excluding carboxylic acids is 1. The van der Waals surface area contributed by atoms with E-state index in [0.29, 0.717) is 12.1 Å². The Morgan fingerprint density at radius 2 is 1.82 bits per heavy atom. The molecule has 0 saturated carbocycles. The second-order valence-electron chi connectivity index (χ2n) is 5.44. The normalized spacial score (nSPS) is 13.2. The summed E-state index contributed by atoms with van der Waals surface area (Å²) < 4.78 is 0. The van der Waals surface area contributed by atoms with Crippen molar-refractivity contribution in [3.63, 3.8) is 0 Å². The smallest absolute Gasteiger partial charge is 0.251 e. The minimum absolute atomic E-state index is 0.00444. The number of carbonyl (C=O) groups is 1. The second-order valence-corrected chi connectivity index (χ2v) is 5.44. The van der Waals surface area contributed by atoms with Crippen molar-refractivity contribution in [2.45, 2.75) is 39.2 Å². The Bertz CT molecular complexity index is 376. The summed E-state index contributed by atoms with van der Waals surface area (Å²) in [5.41, 5.74) is 7.48. The number of hydrogen-bond acceptors (Lipinski definition) is 2. The molecule has 0 aromatic heterocycles. The van der Waals surface area contributed by atoms with E-state index in [-0.39, 0.29) is 17.4 Å². The van der Waals surface area contributed by atoms with Crippen LogP contribution in [-0.4, -0.2) is 18.5 Å². The van der Waals surface area contributed by atoms with E-state index in [1.165, 1.54) is 5.56 Å². The second kappa shape index (κ2) is 5.32. The summed E-state index contributed by atoms with van der Waals surface area (Å²) in [4.78, 5) is 11.8.